The smallest absolute Gasteiger partial charge is 0.319 e. The van der Waals surface area contributed by atoms with Crippen molar-refractivity contribution in [2.24, 2.45) is 0 Å². The molecule has 0 aliphatic heterocycles. The summed E-state index contributed by atoms with van der Waals surface area (Å²) in [4.78, 5) is 18.2. The number of halogens is 1. The molecule has 1 heterocycles. The molecule has 128 valence electrons. The van der Waals surface area contributed by atoms with Crippen molar-refractivity contribution < 1.29 is 4.92 Å². The van der Waals surface area contributed by atoms with Crippen LogP contribution in [0.5, 0.6) is 0 Å². The zero-order chi connectivity index (χ0) is 18.0. The Morgan fingerprint density at radius 3 is 2.40 bits per heavy atom. The molecule has 1 aromatic heterocycles. The largest absolute Gasteiger partial charge is 0.351 e. The molecule has 0 saturated carbocycles. The van der Waals surface area contributed by atoms with Gasteiger partial charge in [0.05, 0.1) is 16.0 Å². The molecular weight excluding hydrogens is 382 g/mol. The van der Waals surface area contributed by atoms with E-state index in [1.165, 1.54) is 0 Å². The molecule has 0 saturated heterocycles. The topological polar surface area (TPSA) is 59.3 Å². The van der Waals surface area contributed by atoms with Crippen molar-refractivity contribution in [2.75, 3.05) is 18.0 Å². The van der Waals surface area contributed by atoms with Gasteiger partial charge in [0.1, 0.15) is 0 Å². The number of anilines is 1. The lowest BCUT2D eigenvalue weighted by atomic mass is 9.99. The molecule has 2 aromatic carbocycles. The maximum Gasteiger partial charge on any atom is 0.319 e. The van der Waals surface area contributed by atoms with Gasteiger partial charge in [0, 0.05) is 22.9 Å². The van der Waals surface area contributed by atoms with E-state index in [-0.39, 0.29) is 10.6 Å². The van der Waals surface area contributed by atoms with Gasteiger partial charge in [0.25, 0.3) is 0 Å². The summed E-state index contributed by atoms with van der Waals surface area (Å²) in [7, 11) is 0. The Kier molecular flexibility index (Phi) is 4.99. The highest BCUT2D eigenvalue weighted by Gasteiger charge is 2.28. The van der Waals surface area contributed by atoms with Crippen LogP contribution < -0.4 is 4.90 Å². The molecule has 0 atom stereocenters. The molecular formula is C19H18BrN3O2. The van der Waals surface area contributed by atoms with Gasteiger partial charge in [-0.1, -0.05) is 46.3 Å². The van der Waals surface area contributed by atoms with Gasteiger partial charge in [0.2, 0.25) is 5.82 Å². The van der Waals surface area contributed by atoms with E-state index >= 15 is 0 Å². The molecule has 0 amide bonds. The summed E-state index contributed by atoms with van der Waals surface area (Å²) < 4.78 is 0.865. The quantitative estimate of drug-likeness (QED) is 0.424. The standard InChI is InChI=1S/C19H18BrN3O2/c1-3-22(4-2)19-18(23(24)25)17(13-8-6-5-7-9-13)15-12-14(20)10-11-16(15)21-19/h5-12H,3-4H2,1-2H3. The Balaban J connectivity index is 2.48. The van der Waals surface area contributed by atoms with E-state index in [4.69, 9.17) is 0 Å². The summed E-state index contributed by atoms with van der Waals surface area (Å²) in [5.74, 6) is 0.420. The second kappa shape index (κ2) is 7.19. The SMILES string of the molecule is CCN(CC)c1nc2ccc(Br)cc2c(-c2ccccc2)c1[N+](=O)[O-]. The number of benzene rings is 2. The summed E-state index contributed by atoms with van der Waals surface area (Å²) in [5, 5.41) is 12.8. The predicted molar refractivity (Wildman–Crippen MR) is 105 cm³/mol. The maximum absolute atomic E-state index is 12.0. The third kappa shape index (κ3) is 3.22. The van der Waals surface area contributed by atoms with Crippen molar-refractivity contribution in [3.8, 4) is 11.1 Å². The van der Waals surface area contributed by atoms with E-state index in [1.54, 1.807) is 0 Å². The van der Waals surface area contributed by atoms with Gasteiger partial charge in [-0.2, -0.15) is 0 Å². The van der Waals surface area contributed by atoms with Crippen LogP contribution in [0.25, 0.3) is 22.0 Å². The second-order valence-electron chi connectivity index (χ2n) is 5.62. The average molecular weight is 400 g/mol. The summed E-state index contributed by atoms with van der Waals surface area (Å²) >= 11 is 3.47. The molecule has 6 heteroatoms. The van der Waals surface area contributed by atoms with Crippen LogP contribution >= 0.6 is 15.9 Å². The molecule has 0 unspecified atom stereocenters. The molecule has 25 heavy (non-hydrogen) atoms. The van der Waals surface area contributed by atoms with Gasteiger partial charge in [0.15, 0.2) is 0 Å². The van der Waals surface area contributed by atoms with Gasteiger partial charge in [-0.3, -0.25) is 10.1 Å². The Bertz CT molecular complexity index is 925. The number of nitro groups is 1. The molecule has 0 radical (unpaired) electrons. The van der Waals surface area contributed by atoms with E-state index < -0.39 is 0 Å². The van der Waals surface area contributed by atoms with Gasteiger partial charge >= 0.3 is 5.69 Å². The first kappa shape index (κ1) is 17.4. The normalized spacial score (nSPS) is 10.8. The zero-order valence-electron chi connectivity index (χ0n) is 14.1. The summed E-state index contributed by atoms with van der Waals surface area (Å²) in [6.07, 6.45) is 0. The number of rotatable bonds is 5. The second-order valence-corrected chi connectivity index (χ2v) is 6.53. The molecule has 5 nitrogen and oxygen atoms in total. The lowest BCUT2D eigenvalue weighted by Crippen LogP contribution is -2.24. The third-order valence-electron chi connectivity index (χ3n) is 4.21. The fourth-order valence-corrected chi connectivity index (χ4v) is 3.39. The van der Waals surface area contributed by atoms with E-state index in [9.17, 15) is 10.1 Å². The van der Waals surface area contributed by atoms with Gasteiger partial charge in [-0.05, 0) is 37.6 Å². The van der Waals surface area contributed by atoms with Crippen molar-refractivity contribution in [2.45, 2.75) is 13.8 Å². The van der Waals surface area contributed by atoms with Crippen molar-refractivity contribution in [3.05, 3.63) is 63.1 Å². The fourth-order valence-electron chi connectivity index (χ4n) is 3.03. The van der Waals surface area contributed by atoms with Crippen LogP contribution in [0.3, 0.4) is 0 Å². The Labute approximate surface area is 154 Å². The summed E-state index contributed by atoms with van der Waals surface area (Å²) in [6.45, 7) is 5.26. The van der Waals surface area contributed by atoms with Crippen LogP contribution in [0, 0.1) is 10.1 Å². The van der Waals surface area contributed by atoms with Crippen LogP contribution in [0.4, 0.5) is 11.5 Å². The predicted octanol–water partition coefficient (Wildman–Crippen LogP) is 5.42. The van der Waals surface area contributed by atoms with Crippen LogP contribution in [-0.2, 0) is 0 Å². The van der Waals surface area contributed by atoms with Crippen LogP contribution in [0.2, 0.25) is 0 Å². The molecule has 0 fully saturated rings. The first-order valence-corrected chi connectivity index (χ1v) is 8.94. The number of aromatic nitrogens is 1. The number of pyridine rings is 1. The third-order valence-corrected chi connectivity index (χ3v) is 4.70. The minimum atomic E-state index is -0.316. The number of fused-ring (bicyclic) bond motifs is 1. The summed E-state index contributed by atoms with van der Waals surface area (Å²) in [6, 6.07) is 15.2. The van der Waals surface area contributed by atoms with Crippen molar-refractivity contribution >= 4 is 38.3 Å². The lowest BCUT2D eigenvalue weighted by Gasteiger charge is -2.21. The molecule has 0 bridgehead atoms. The maximum atomic E-state index is 12.0. The highest BCUT2D eigenvalue weighted by atomic mass is 79.9. The zero-order valence-corrected chi connectivity index (χ0v) is 15.7. The van der Waals surface area contributed by atoms with Gasteiger partial charge in [-0.25, -0.2) is 4.98 Å². The molecule has 0 N–H and O–H groups in total. The number of hydrogen-bond acceptors (Lipinski definition) is 4. The summed E-state index contributed by atoms with van der Waals surface area (Å²) in [5.41, 5.74) is 2.22. The molecule has 3 rings (SSSR count). The minimum Gasteiger partial charge on any atom is -0.351 e. The molecule has 3 aromatic rings. The number of hydrogen-bond donors (Lipinski definition) is 0. The van der Waals surface area contributed by atoms with E-state index in [0.29, 0.717) is 24.5 Å². The highest BCUT2D eigenvalue weighted by Crippen LogP contribution is 2.42. The van der Waals surface area contributed by atoms with E-state index in [1.807, 2.05) is 67.3 Å². The molecule has 0 spiro atoms. The molecule has 0 aliphatic carbocycles. The first-order valence-electron chi connectivity index (χ1n) is 8.14. The van der Waals surface area contributed by atoms with Gasteiger partial charge < -0.3 is 4.90 Å². The number of nitrogens with zero attached hydrogens (tertiary/aromatic N) is 3. The van der Waals surface area contributed by atoms with E-state index in [0.717, 1.165) is 20.9 Å². The van der Waals surface area contributed by atoms with Crippen molar-refractivity contribution in [1.29, 1.82) is 0 Å². The van der Waals surface area contributed by atoms with Crippen LogP contribution in [0.15, 0.2) is 53.0 Å². The Morgan fingerprint density at radius 1 is 1.12 bits per heavy atom. The van der Waals surface area contributed by atoms with Crippen molar-refractivity contribution in [1.82, 2.24) is 4.98 Å². The molecule has 0 aliphatic rings. The van der Waals surface area contributed by atoms with E-state index in [2.05, 4.69) is 20.9 Å². The van der Waals surface area contributed by atoms with Crippen LogP contribution in [0.1, 0.15) is 13.8 Å². The van der Waals surface area contributed by atoms with Crippen molar-refractivity contribution in [3.63, 3.8) is 0 Å². The average Bonchev–Trinajstić information content (AvgIpc) is 2.62. The van der Waals surface area contributed by atoms with Crippen LogP contribution in [-0.4, -0.2) is 23.0 Å². The monoisotopic (exact) mass is 399 g/mol. The fraction of sp³-hybridized carbons (Fsp3) is 0.211. The highest BCUT2D eigenvalue weighted by molar-refractivity contribution is 9.10. The Morgan fingerprint density at radius 2 is 1.80 bits per heavy atom. The van der Waals surface area contributed by atoms with Gasteiger partial charge in [-0.15, -0.1) is 0 Å². The minimum absolute atomic E-state index is 0.0560. The Hall–Kier alpha value is -2.47. The first-order chi connectivity index (χ1) is 12.1. The lowest BCUT2D eigenvalue weighted by molar-refractivity contribution is -0.383.